The molecule has 1 aromatic carbocycles. The van der Waals surface area contributed by atoms with E-state index in [0.717, 1.165) is 13.1 Å². The van der Waals surface area contributed by atoms with Crippen LogP contribution < -0.4 is 0 Å². The van der Waals surface area contributed by atoms with Crippen LogP contribution in [0.25, 0.3) is 6.08 Å². The summed E-state index contributed by atoms with van der Waals surface area (Å²) in [4.78, 5) is 2.39. The number of nitrogens with zero attached hydrogens (tertiary/aromatic N) is 1. The van der Waals surface area contributed by atoms with Crippen molar-refractivity contribution in [1.29, 1.82) is 0 Å². The summed E-state index contributed by atoms with van der Waals surface area (Å²) in [5, 5.41) is 0. The van der Waals surface area contributed by atoms with Crippen molar-refractivity contribution in [2.24, 2.45) is 0 Å². The van der Waals surface area contributed by atoms with Crippen LogP contribution >= 0.6 is 17.0 Å². The van der Waals surface area contributed by atoms with Crippen molar-refractivity contribution < 1.29 is 0 Å². The first-order chi connectivity index (χ1) is 6.31. The van der Waals surface area contributed by atoms with Crippen molar-refractivity contribution >= 4 is 23.1 Å². The highest BCUT2D eigenvalue weighted by atomic mass is 79.9. The second-order valence-electron chi connectivity index (χ2n) is 3.50. The lowest BCUT2D eigenvalue weighted by atomic mass is 10.0. The monoisotopic (exact) mass is 253 g/mol. The first-order valence-electron chi connectivity index (χ1n) is 4.82. The van der Waals surface area contributed by atoms with Crippen LogP contribution in [0.5, 0.6) is 0 Å². The first-order valence-corrected chi connectivity index (χ1v) is 4.82. The number of rotatable bonds is 1. The summed E-state index contributed by atoms with van der Waals surface area (Å²) in [7, 11) is 0. The van der Waals surface area contributed by atoms with Gasteiger partial charge in [-0.2, -0.15) is 0 Å². The summed E-state index contributed by atoms with van der Waals surface area (Å²) in [6.45, 7) is 6.54. The molecule has 0 aliphatic carbocycles. The van der Waals surface area contributed by atoms with Gasteiger partial charge in [-0.15, -0.1) is 17.0 Å². The Hall–Kier alpha value is -0.760. The third-order valence-corrected chi connectivity index (χ3v) is 2.66. The second-order valence-corrected chi connectivity index (χ2v) is 3.50. The number of benzene rings is 1. The molecule has 1 aliphatic heterocycles. The van der Waals surface area contributed by atoms with Crippen LogP contribution in [-0.2, 0) is 6.54 Å². The lowest BCUT2D eigenvalue weighted by Crippen LogP contribution is -2.23. The van der Waals surface area contributed by atoms with Crippen LogP contribution in [0, 0.1) is 0 Å². The average molecular weight is 254 g/mol. The van der Waals surface area contributed by atoms with Gasteiger partial charge in [-0.3, -0.25) is 0 Å². The Morgan fingerprint density at radius 1 is 1.29 bits per heavy atom. The highest BCUT2D eigenvalue weighted by molar-refractivity contribution is 8.93. The number of halogens is 1. The molecule has 14 heavy (non-hydrogen) atoms. The molecule has 0 bridgehead atoms. The van der Waals surface area contributed by atoms with Gasteiger partial charge in [0.25, 0.3) is 0 Å². The second kappa shape index (κ2) is 4.65. The fourth-order valence-corrected chi connectivity index (χ4v) is 1.83. The maximum absolute atomic E-state index is 2.39. The minimum atomic E-state index is 0. The number of hydrogen-bond donors (Lipinski definition) is 0. The molecule has 0 fully saturated rings. The van der Waals surface area contributed by atoms with Crippen molar-refractivity contribution in [3.8, 4) is 0 Å². The van der Waals surface area contributed by atoms with E-state index in [4.69, 9.17) is 0 Å². The molecule has 0 unspecified atom stereocenters. The summed E-state index contributed by atoms with van der Waals surface area (Å²) < 4.78 is 0. The Labute approximate surface area is 96.2 Å². The van der Waals surface area contributed by atoms with Gasteiger partial charge < -0.3 is 4.90 Å². The molecule has 1 aliphatic rings. The van der Waals surface area contributed by atoms with Crippen molar-refractivity contribution in [1.82, 2.24) is 4.90 Å². The molecule has 0 N–H and O–H groups in total. The van der Waals surface area contributed by atoms with Gasteiger partial charge in [0.15, 0.2) is 0 Å². The molecule has 76 valence electrons. The van der Waals surface area contributed by atoms with Crippen LogP contribution in [-0.4, -0.2) is 11.4 Å². The molecule has 0 spiro atoms. The van der Waals surface area contributed by atoms with Crippen LogP contribution in [0.15, 0.2) is 30.0 Å². The van der Waals surface area contributed by atoms with Gasteiger partial charge in [0.05, 0.1) is 0 Å². The van der Waals surface area contributed by atoms with Gasteiger partial charge in [-0.1, -0.05) is 24.3 Å². The fourth-order valence-electron chi connectivity index (χ4n) is 1.83. The SMILES string of the molecule is Br.CCN1Cc2ccccc2C=C1C. The average Bonchev–Trinajstić information content (AvgIpc) is 2.17. The smallest absolute Gasteiger partial charge is 0.0432 e. The summed E-state index contributed by atoms with van der Waals surface area (Å²) >= 11 is 0. The molecule has 0 saturated heterocycles. The quantitative estimate of drug-likeness (QED) is 0.741. The largest absolute Gasteiger partial charge is 0.371 e. The number of fused-ring (bicyclic) bond motifs is 1. The van der Waals surface area contributed by atoms with E-state index in [0.29, 0.717) is 0 Å². The lowest BCUT2D eigenvalue weighted by molar-refractivity contribution is 0.354. The zero-order chi connectivity index (χ0) is 9.26. The van der Waals surface area contributed by atoms with Crippen molar-refractivity contribution in [2.45, 2.75) is 20.4 Å². The van der Waals surface area contributed by atoms with E-state index in [1.807, 2.05) is 0 Å². The minimum Gasteiger partial charge on any atom is -0.371 e. The molecular formula is C12H16BrN. The third kappa shape index (κ3) is 2.01. The molecule has 1 aromatic rings. The summed E-state index contributed by atoms with van der Waals surface area (Å²) in [5.74, 6) is 0. The Morgan fingerprint density at radius 2 is 2.00 bits per heavy atom. The molecule has 0 amide bonds. The highest BCUT2D eigenvalue weighted by Gasteiger charge is 2.12. The Kier molecular flexibility index (Phi) is 3.76. The van der Waals surface area contributed by atoms with E-state index < -0.39 is 0 Å². The maximum atomic E-state index is 2.39. The Morgan fingerprint density at radius 3 is 2.71 bits per heavy atom. The van der Waals surface area contributed by atoms with Crippen LogP contribution in [0.2, 0.25) is 0 Å². The summed E-state index contributed by atoms with van der Waals surface area (Å²) in [5.41, 5.74) is 4.20. The predicted octanol–water partition coefficient (Wildman–Crippen LogP) is 3.46. The first kappa shape index (κ1) is 11.3. The molecule has 0 saturated carbocycles. The highest BCUT2D eigenvalue weighted by Crippen LogP contribution is 2.23. The molecule has 1 heterocycles. The lowest BCUT2D eigenvalue weighted by Gasteiger charge is -2.28. The van der Waals surface area contributed by atoms with Gasteiger partial charge in [0.1, 0.15) is 0 Å². The zero-order valence-electron chi connectivity index (χ0n) is 8.66. The van der Waals surface area contributed by atoms with E-state index in [9.17, 15) is 0 Å². The molecule has 0 aromatic heterocycles. The number of allylic oxidation sites excluding steroid dienone is 1. The van der Waals surface area contributed by atoms with Crippen molar-refractivity contribution in [2.75, 3.05) is 6.54 Å². The molecule has 1 nitrogen and oxygen atoms in total. The van der Waals surface area contributed by atoms with Crippen LogP contribution in [0.1, 0.15) is 25.0 Å². The minimum absolute atomic E-state index is 0. The normalized spacial score (nSPS) is 14.1. The molecular weight excluding hydrogens is 238 g/mol. The van der Waals surface area contributed by atoms with Gasteiger partial charge in [0.2, 0.25) is 0 Å². The molecule has 0 radical (unpaired) electrons. The van der Waals surface area contributed by atoms with Crippen molar-refractivity contribution in [3.05, 3.63) is 41.1 Å². The van der Waals surface area contributed by atoms with Gasteiger partial charge in [-0.25, -0.2) is 0 Å². The van der Waals surface area contributed by atoms with E-state index in [1.165, 1.54) is 16.8 Å². The Balaban J connectivity index is 0.000000980. The topological polar surface area (TPSA) is 3.24 Å². The van der Waals surface area contributed by atoms with E-state index >= 15 is 0 Å². The standard InChI is InChI=1S/C12H15N.BrH/c1-3-13-9-12-7-5-4-6-11(12)8-10(13)2;/h4-8H,3,9H2,1-2H3;1H. The van der Waals surface area contributed by atoms with E-state index in [-0.39, 0.29) is 17.0 Å². The van der Waals surface area contributed by atoms with Crippen molar-refractivity contribution in [3.63, 3.8) is 0 Å². The van der Waals surface area contributed by atoms with Crippen LogP contribution in [0.3, 0.4) is 0 Å². The summed E-state index contributed by atoms with van der Waals surface area (Å²) in [6.07, 6.45) is 2.27. The molecule has 0 atom stereocenters. The van der Waals surface area contributed by atoms with Gasteiger partial charge in [-0.05, 0) is 31.1 Å². The third-order valence-electron chi connectivity index (χ3n) is 2.66. The predicted molar refractivity (Wildman–Crippen MR) is 66.5 cm³/mol. The van der Waals surface area contributed by atoms with E-state index in [2.05, 4.69) is 49.1 Å². The van der Waals surface area contributed by atoms with Crippen LogP contribution in [0.4, 0.5) is 0 Å². The number of hydrogen-bond acceptors (Lipinski definition) is 1. The fraction of sp³-hybridized carbons (Fsp3) is 0.333. The Bertz CT molecular complexity index is 344. The van der Waals surface area contributed by atoms with Gasteiger partial charge in [0, 0.05) is 18.8 Å². The summed E-state index contributed by atoms with van der Waals surface area (Å²) in [6, 6.07) is 8.61. The van der Waals surface area contributed by atoms with Gasteiger partial charge >= 0.3 is 0 Å². The maximum Gasteiger partial charge on any atom is 0.0432 e. The molecule has 2 rings (SSSR count). The molecule has 2 heteroatoms. The van der Waals surface area contributed by atoms with E-state index in [1.54, 1.807) is 0 Å². The zero-order valence-corrected chi connectivity index (χ0v) is 10.4.